The van der Waals surface area contributed by atoms with Crippen LogP contribution in [0.4, 0.5) is 13.2 Å². The van der Waals surface area contributed by atoms with Crippen molar-refractivity contribution in [3.8, 4) is 22.4 Å². The van der Waals surface area contributed by atoms with E-state index in [1.807, 2.05) is 60.7 Å². The van der Waals surface area contributed by atoms with Crippen molar-refractivity contribution in [2.24, 2.45) is 0 Å². The molecule has 0 aliphatic heterocycles. The summed E-state index contributed by atoms with van der Waals surface area (Å²) in [6, 6.07) is 22.9. The Labute approximate surface area is 168 Å². The van der Waals surface area contributed by atoms with Gasteiger partial charge in [0.05, 0.1) is 16.8 Å². The summed E-state index contributed by atoms with van der Waals surface area (Å²) in [5, 5.41) is 0.500. The van der Waals surface area contributed by atoms with Crippen molar-refractivity contribution in [2.45, 2.75) is 6.18 Å². The lowest BCUT2D eigenvalue weighted by atomic mass is 9.97. The van der Waals surface area contributed by atoms with Crippen molar-refractivity contribution in [3.63, 3.8) is 0 Å². The molecule has 0 amide bonds. The molecular formula is C22H13F3IN. The fourth-order valence-corrected chi connectivity index (χ4v) is 4.12. The Balaban J connectivity index is 2.09. The fourth-order valence-electron chi connectivity index (χ4n) is 3.09. The van der Waals surface area contributed by atoms with Crippen LogP contribution in [0.1, 0.15) is 5.56 Å². The molecule has 134 valence electrons. The molecule has 4 aromatic rings. The van der Waals surface area contributed by atoms with Crippen LogP contribution in [0.5, 0.6) is 0 Å². The van der Waals surface area contributed by atoms with Gasteiger partial charge in [-0.05, 0) is 46.4 Å². The molecule has 0 N–H and O–H groups in total. The molecule has 0 atom stereocenters. The van der Waals surface area contributed by atoms with Crippen molar-refractivity contribution < 1.29 is 13.2 Å². The van der Waals surface area contributed by atoms with Crippen LogP contribution in [0, 0.1) is 3.57 Å². The lowest BCUT2D eigenvalue weighted by molar-refractivity contribution is -0.137. The largest absolute Gasteiger partial charge is 0.416 e. The number of hydrogen-bond donors (Lipinski definition) is 0. The van der Waals surface area contributed by atoms with Crippen LogP contribution >= 0.6 is 22.6 Å². The van der Waals surface area contributed by atoms with Crippen molar-refractivity contribution in [1.29, 1.82) is 0 Å². The van der Waals surface area contributed by atoms with Crippen molar-refractivity contribution in [3.05, 3.63) is 88.0 Å². The smallest absolute Gasteiger partial charge is 0.247 e. The highest BCUT2D eigenvalue weighted by atomic mass is 127. The molecule has 1 aromatic heterocycles. The van der Waals surface area contributed by atoms with Crippen LogP contribution in [-0.4, -0.2) is 4.98 Å². The molecule has 0 spiro atoms. The third-order valence-corrected chi connectivity index (χ3v) is 5.41. The first-order valence-electron chi connectivity index (χ1n) is 8.26. The molecular weight excluding hydrogens is 462 g/mol. The predicted octanol–water partition coefficient (Wildman–Crippen LogP) is 7.19. The van der Waals surface area contributed by atoms with Crippen molar-refractivity contribution in [2.75, 3.05) is 0 Å². The van der Waals surface area contributed by atoms with E-state index in [1.165, 1.54) is 12.1 Å². The summed E-state index contributed by atoms with van der Waals surface area (Å²) in [7, 11) is 0. The average Bonchev–Trinajstić information content (AvgIpc) is 2.68. The Morgan fingerprint density at radius 3 is 1.93 bits per heavy atom. The minimum Gasteiger partial charge on any atom is -0.247 e. The number of aromatic nitrogens is 1. The van der Waals surface area contributed by atoms with Gasteiger partial charge in [-0.25, -0.2) is 4.98 Å². The monoisotopic (exact) mass is 475 g/mol. The van der Waals surface area contributed by atoms with Gasteiger partial charge in [0, 0.05) is 20.1 Å². The Morgan fingerprint density at radius 1 is 0.741 bits per heavy atom. The van der Waals surface area contributed by atoms with E-state index in [1.54, 1.807) is 0 Å². The van der Waals surface area contributed by atoms with Crippen LogP contribution in [0.3, 0.4) is 0 Å². The number of alkyl halides is 3. The molecule has 4 rings (SSSR count). The van der Waals surface area contributed by atoms with E-state index in [0.717, 1.165) is 32.0 Å². The Bertz CT molecular complexity index is 1110. The molecule has 0 fully saturated rings. The zero-order chi connectivity index (χ0) is 19.0. The van der Waals surface area contributed by atoms with Gasteiger partial charge >= 0.3 is 6.18 Å². The van der Waals surface area contributed by atoms with Gasteiger partial charge in [0.25, 0.3) is 0 Å². The molecule has 1 nitrogen and oxygen atoms in total. The van der Waals surface area contributed by atoms with Crippen LogP contribution < -0.4 is 0 Å². The quantitative estimate of drug-likeness (QED) is 0.280. The van der Waals surface area contributed by atoms with Gasteiger partial charge in [0.15, 0.2) is 0 Å². The zero-order valence-corrected chi connectivity index (χ0v) is 16.1. The fraction of sp³-hybridized carbons (Fsp3) is 0.0455. The van der Waals surface area contributed by atoms with Crippen LogP contribution in [-0.2, 0) is 6.18 Å². The third-order valence-electron chi connectivity index (χ3n) is 4.36. The number of nitrogens with zero attached hydrogens (tertiary/aromatic N) is 1. The van der Waals surface area contributed by atoms with Gasteiger partial charge in [-0.3, -0.25) is 0 Å². The normalized spacial score (nSPS) is 11.7. The first kappa shape index (κ1) is 18.0. The second kappa shape index (κ2) is 6.96. The molecule has 5 heteroatoms. The Kier molecular flexibility index (Phi) is 4.63. The Morgan fingerprint density at radius 2 is 1.33 bits per heavy atom. The molecule has 1 heterocycles. The lowest BCUT2D eigenvalue weighted by Crippen LogP contribution is -2.05. The summed E-state index contributed by atoms with van der Waals surface area (Å²) in [5.41, 5.74) is 3.21. The molecule has 0 saturated heterocycles. The molecule has 0 aliphatic rings. The van der Waals surface area contributed by atoms with E-state index in [-0.39, 0.29) is 0 Å². The van der Waals surface area contributed by atoms with Gasteiger partial charge in [-0.2, -0.15) is 13.2 Å². The second-order valence-corrected chi connectivity index (χ2v) is 7.19. The van der Waals surface area contributed by atoms with Crippen molar-refractivity contribution >= 4 is 33.5 Å². The minimum absolute atomic E-state index is 0.500. The number of benzene rings is 3. The lowest BCUT2D eigenvalue weighted by Gasteiger charge is -2.16. The Hall–Kier alpha value is -2.41. The molecule has 27 heavy (non-hydrogen) atoms. The summed E-state index contributed by atoms with van der Waals surface area (Å²) in [5.74, 6) is 0. The summed E-state index contributed by atoms with van der Waals surface area (Å²) in [4.78, 5) is 4.68. The van der Waals surface area contributed by atoms with Crippen LogP contribution in [0.25, 0.3) is 33.3 Å². The number of rotatable bonds is 2. The van der Waals surface area contributed by atoms with E-state index >= 15 is 0 Å². The predicted molar refractivity (Wildman–Crippen MR) is 110 cm³/mol. The van der Waals surface area contributed by atoms with Crippen LogP contribution in [0.15, 0.2) is 78.9 Å². The molecule has 3 aromatic carbocycles. The van der Waals surface area contributed by atoms with Crippen LogP contribution in [0.2, 0.25) is 0 Å². The van der Waals surface area contributed by atoms with Gasteiger partial charge in [0.2, 0.25) is 0 Å². The maximum atomic E-state index is 13.3. The van der Waals surface area contributed by atoms with Crippen molar-refractivity contribution in [1.82, 2.24) is 4.98 Å². The molecule has 0 bridgehead atoms. The van der Waals surface area contributed by atoms with E-state index in [9.17, 15) is 13.2 Å². The van der Waals surface area contributed by atoms with E-state index < -0.39 is 11.7 Å². The molecule has 0 aliphatic carbocycles. The summed E-state index contributed by atoms with van der Waals surface area (Å²) < 4.78 is 40.6. The maximum Gasteiger partial charge on any atom is 0.416 e. The van der Waals surface area contributed by atoms with Gasteiger partial charge in [-0.1, -0.05) is 60.7 Å². The van der Waals surface area contributed by atoms with E-state index in [4.69, 9.17) is 0 Å². The maximum absolute atomic E-state index is 13.3. The van der Waals surface area contributed by atoms with E-state index in [0.29, 0.717) is 10.9 Å². The number of hydrogen-bond acceptors (Lipinski definition) is 1. The van der Waals surface area contributed by atoms with Gasteiger partial charge in [-0.15, -0.1) is 0 Å². The van der Waals surface area contributed by atoms with Gasteiger partial charge in [0.1, 0.15) is 0 Å². The summed E-state index contributed by atoms with van der Waals surface area (Å²) in [6.45, 7) is 0. The highest BCUT2D eigenvalue weighted by Gasteiger charge is 2.31. The minimum atomic E-state index is -4.40. The summed E-state index contributed by atoms with van der Waals surface area (Å²) in [6.07, 6.45) is -4.40. The number of halogens is 4. The summed E-state index contributed by atoms with van der Waals surface area (Å²) >= 11 is 2.18. The third kappa shape index (κ3) is 3.43. The first-order chi connectivity index (χ1) is 12.9. The highest BCUT2D eigenvalue weighted by Crippen LogP contribution is 2.40. The van der Waals surface area contributed by atoms with Gasteiger partial charge < -0.3 is 0 Å². The first-order valence-corrected chi connectivity index (χ1v) is 9.34. The standard InChI is InChI=1S/C22H13F3IN/c23-22(24,25)16-11-12-18-17(13-16)19(14-7-3-1-4-8-14)20(26)21(27-18)15-9-5-2-6-10-15/h1-13H. The highest BCUT2D eigenvalue weighted by molar-refractivity contribution is 14.1. The SMILES string of the molecule is FC(F)(F)c1ccc2nc(-c3ccccc3)c(I)c(-c3ccccc3)c2c1. The topological polar surface area (TPSA) is 12.9 Å². The second-order valence-electron chi connectivity index (χ2n) is 6.11. The number of fused-ring (bicyclic) bond motifs is 1. The number of pyridine rings is 1. The average molecular weight is 475 g/mol. The molecule has 0 unspecified atom stereocenters. The zero-order valence-electron chi connectivity index (χ0n) is 14.0. The van der Waals surface area contributed by atoms with E-state index in [2.05, 4.69) is 27.6 Å². The molecule has 0 saturated carbocycles. The molecule has 0 radical (unpaired) electrons.